The third-order valence-electron chi connectivity index (χ3n) is 4.06. The van der Waals surface area contributed by atoms with Crippen molar-refractivity contribution in [3.8, 4) is 0 Å². The number of carbonyl (C=O) groups is 1. The van der Waals surface area contributed by atoms with E-state index in [4.69, 9.17) is 0 Å². The summed E-state index contributed by atoms with van der Waals surface area (Å²) in [6.45, 7) is 0. The number of nitrogens with one attached hydrogen (secondary N) is 2. The van der Waals surface area contributed by atoms with Gasteiger partial charge in [0.1, 0.15) is 5.82 Å². The number of thioether (sulfide) groups is 1. The Morgan fingerprint density at radius 2 is 1.66 bits per heavy atom. The van der Waals surface area contributed by atoms with Gasteiger partial charge in [0, 0.05) is 21.2 Å². The van der Waals surface area contributed by atoms with Crippen LogP contribution in [0.3, 0.4) is 0 Å². The fourth-order valence-corrected chi connectivity index (χ4v) is 3.82. The van der Waals surface area contributed by atoms with Crippen LogP contribution in [0.5, 0.6) is 0 Å². The van der Waals surface area contributed by atoms with Gasteiger partial charge in [-0.15, -0.1) is 0 Å². The largest absolute Gasteiger partial charge is 0.340 e. The molecule has 0 aliphatic heterocycles. The number of halogens is 1. The molecule has 1 amide bonds. The van der Waals surface area contributed by atoms with Crippen molar-refractivity contribution >= 4 is 61.7 Å². The van der Waals surface area contributed by atoms with Crippen LogP contribution in [-0.4, -0.2) is 21.6 Å². The molecule has 0 atom stereocenters. The molecule has 0 aliphatic carbocycles. The SMILES string of the molecule is O=C(CSc1nc(Nc2ccccc2)c2ccccc2n1)Nc1cccc(Br)c1. The molecule has 0 unspecified atom stereocenters. The number of hydrogen-bond donors (Lipinski definition) is 2. The van der Waals surface area contributed by atoms with Crippen molar-refractivity contribution < 1.29 is 4.79 Å². The molecule has 4 rings (SSSR count). The molecule has 0 spiro atoms. The number of carbonyl (C=O) groups excluding carboxylic acids is 1. The van der Waals surface area contributed by atoms with Crippen molar-refractivity contribution in [1.82, 2.24) is 9.97 Å². The number of rotatable bonds is 6. The van der Waals surface area contributed by atoms with Gasteiger partial charge in [-0.05, 0) is 42.5 Å². The average Bonchev–Trinajstić information content (AvgIpc) is 2.73. The minimum atomic E-state index is -0.109. The Kier molecular flexibility index (Phi) is 6.07. The molecule has 0 bridgehead atoms. The average molecular weight is 465 g/mol. The molecular formula is C22H17BrN4OS. The van der Waals surface area contributed by atoms with E-state index in [9.17, 15) is 4.79 Å². The standard InChI is InChI=1S/C22H17BrN4OS/c23-15-7-6-10-17(13-15)24-20(28)14-29-22-26-19-12-5-4-11-18(19)21(27-22)25-16-8-2-1-3-9-16/h1-13H,14H2,(H,24,28)(H,25,26,27). The summed E-state index contributed by atoms with van der Waals surface area (Å²) in [4.78, 5) is 21.6. The third kappa shape index (κ3) is 5.13. The molecule has 1 heterocycles. The van der Waals surface area contributed by atoms with Crippen LogP contribution in [0.2, 0.25) is 0 Å². The van der Waals surface area contributed by atoms with E-state index in [1.54, 1.807) is 0 Å². The van der Waals surface area contributed by atoms with E-state index >= 15 is 0 Å². The Morgan fingerprint density at radius 1 is 0.897 bits per heavy atom. The van der Waals surface area contributed by atoms with E-state index in [1.165, 1.54) is 11.8 Å². The zero-order valence-electron chi connectivity index (χ0n) is 15.3. The van der Waals surface area contributed by atoms with Crippen LogP contribution in [0.15, 0.2) is 88.5 Å². The Hall–Kier alpha value is -2.90. The topological polar surface area (TPSA) is 66.9 Å². The molecule has 144 valence electrons. The zero-order valence-corrected chi connectivity index (χ0v) is 17.7. The van der Waals surface area contributed by atoms with Gasteiger partial charge in [-0.1, -0.05) is 64.1 Å². The van der Waals surface area contributed by atoms with Crippen LogP contribution < -0.4 is 10.6 Å². The van der Waals surface area contributed by atoms with Crippen molar-refractivity contribution in [2.45, 2.75) is 5.16 Å². The summed E-state index contributed by atoms with van der Waals surface area (Å²) in [6.07, 6.45) is 0. The van der Waals surface area contributed by atoms with Gasteiger partial charge < -0.3 is 10.6 Å². The fraction of sp³-hybridized carbons (Fsp3) is 0.0455. The first-order chi connectivity index (χ1) is 14.2. The third-order valence-corrected chi connectivity index (χ3v) is 5.40. The number of fused-ring (bicyclic) bond motifs is 1. The minimum Gasteiger partial charge on any atom is -0.340 e. The monoisotopic (exact) mass is 464 g/mol. The lowest BCUT2D eigenvalue weighted by Gasteiger charge is -2.11. The molecule has 0 saturated carbocycles. The van der Waals surface area contributed by atoms with Gasteiger partial charge in [-0.3, -0.25) is 4.79 Å². The Bertz CT molecular complexity index is 1150. The van der Waals surface area contributed by atoms with Gasteiger partial charge in [0.15, 0.2) is 5.16 Å². The quantitative estimate of drug-likeness (QED) is 0.276. The smallest absolute Gasteiger partial charge is 0.234 e. The van der Waals surface area contributed by atoms with Crippen molar-refractivity contribution in [2.24, 2.45) is 0 Å². The summed E-state index contributed by atoms with van der Waals surface area (Å²) in [5.74, 6) is 0.828. The van der Waals surface area contributed by atoms with Gasteiger partial charge in [0.05, 0.1) is 11.3 Å². The first kappa shape index (κ1) is 19.4. The van der Waals surface area contributed by atoms with Crippen molar-refractivity contribution in [3.63, 3.8) is 0 Å². The highest BCUT2D eigenvalue weighted by Crippen LogP contribution is 2.27. The summed E-state index contributed by atoms with van der Waals surface area (Å²) in [6, 6.07) is 25.2. The second-order valence-electron chi connectivity index (χ2n) is 6.21. The van der Waals surface area contributed by atoms with Gasteiger partial charge >= 0.3 is 0 Å². The van der Waals surface area contributed by atoms with Crippen LogP contribution in [0, 0.1) is 0 Å². The summed E-state index contributed by atoms with van der Waals surface area (Å²) < 4.78 is 0.914. The molecule has 5 nitrogen and oxygen atoms in total. The van der Waals surface area contributed by atoms with Crippen molar-refractivity contribution in [1.29, 1.82) is 0 Å². The van der Waals surface area contributed by atoms with Crippen LogP contribution in [-0.2, 0) is 4.79 Å². The summed E-state index contributed by atoms with van der Waals surface area (Å²) in [5.41, 5.74) is 2.52. The molecular weight excluding hydrogens is 448 g/mol. The summed E-state index contributed by atoms with van der Waals surface area (Å²) >= 11 is 4.71. The fourth-order valence-electron chi connectivity index (χ4n) is 2.77. The normalized spacial score (nSPS) is 10.7. The zero-order chi connectivity index (χ0) is 20.1. The predicted molar refractivity (Wildman–Crippen MR) is 123 cm³/mol. The van der Waals surface area contributed by atoms with Crippen molar-refractivity contribution in [3.05, 3.63) is 83.3 Å². The molecule has 0 fully saturated rings. The van der Waals surface area contributed by atoms with E-state index in [0.717, 1.165) is 32.6 Å². The Balaban J connectivity index is 1.52. The second kappa shape index (κ2) is 9.07. The van der Waals surface area contributed by atoms with Crippen LogP contribution >= 0.6 is 27.7 Å². The van der Waals surface area contributed by atoms with Crippen LogP contribution in [0.4, 0.5) is 17.2 Å². The van der Waals surface area contributed by atoms with Gasteiger partial charge in [0.25, 0.3) is 0 Å². The molecule has 0 aliphatic rings. The highest BCUT2D eigenvalue weighted by atomic mass is 79.9. The second-order valence-corrected chi connectivity index (χ2v) is 8.07. The number of amides is 1. The van der Waals surface area contributed by atoms with Crippen molar-refractivity contribution in [2.75, 3.05) is 16.4 Å². The van der Waals surface area contributed by atoms with Gasteiger partial charge in [-0.25, -0.2) is 9.97 Å². The number of aromatic nitrogens is 2. The number of hydrogen-bond acceptors (Lipinski definition) is 5. The minimum absolute atomic E-state index is 0.109. The number of benzene rings is 3. The maximum atomic E-state index is 12.3. The number of para-hydroxylation sites is 2. The van der Waals surface area contributed by atoms with E-state index in [1.807, 2.05) is 78.9 Å². The predicted octanol–water partition coefficient (Wildman–Crippen LogP) is 5.87. The Labute approximate surface area is 181 Å². The maximum absolute atomic E-state index is 12.3. The molecule has 4 aromatic rings. The molecule has 7 heteroatoms. The molecule has 29 heavy (non-hydrogen) atoms. The number of anilines is 3. The van der Waals surface area contributed by atoms with Crippen LogP contribution in [0.25, 0.3) is 10.9 Å². The summed E-state index contributed by atoms with van der Waals surface area (Å²) in [7, 11) is 0. The van der Waals surface area contributed by atoms with E-state index < -0.39 is 0 Å². The molecule has 0 saturated heterocycles. The number of nitrogens with zero attached hydrogens (tertiary/aromatic N) is 2. The van der Waals surface area contributed by atoms with E-state index in [-0.39, 0.29) is 11.7 Å². The molecule has 2 N–H and O–H groups in total. The van der Waals surface area contributed by atoms with E-state index in [0.29, 0.717) is 5.16 Å². The lowest BCUT2D eigenvalue weighted by atomic mass is 10.2. The lowest BCUT2D eigenvalue weighted by molar-refractivity contribution is -0.113. The molecule has 0 radical (unpaired) electrons. The maximum Gasteiger partial charge on any atom is 0.234 e. The summed E-state index contributed by atoms with van der Waals surface area (Å²) in [5, 5.41) is 7.71. The molecule has 3 aromatic carbocycles. The van der Waals surface area contributed by atoms with Gasteiger partial charge in [-0.2, -0.15) is 0 Å². The lowest BCUT2D eigenvalue weighted by Crippen LogP contribution is -2.14. The first-order valence-electron chi connectivity index (χ1n) is 8.94. The van der Waals surface area contributed by atoms with Crippen LogP contribution in [0.1, 0.15) is 0 Å². The molecule has 1 aromatic heterocycles. The van der Waals surface area contributed by atoms with Gasteiger partial charge in [0.2, 0.25) is 5.91 Å². The first-order valence-corrected chi connectivity index (χ1v) is 10.7. The highest BCUT2D eigenvalue weighted by molar-refractivity contribution is 9.10. The Morgan fingerprint density at radius 3 is 2.48 bits per heavy atom. The van der Waals surface area contributed by atoms with E-state index in [2.05, 4.69) is 36.5 Å². The highest BCUT2D eigenvalue weighted by Gasteiger charge is 2.11.